The van der Waals surface area contributed by atoms with E-state index >= 15 is 0 Å². The van der Waals surface area contributed by atoms with Gasteiger partial charge >= 0.3 is 5.97 Å². The van der Waals surface area contributed by atoms with E-state index in [0.717, 1.165) is 16.5 Å². The monoisotopic (exact) mass is 350 g/mol. The first kappa shape index (κ1) is 16.9. The number of likely N-dealkylation sites (tertiary alicyclic amines) is 1. The third-order valence-corrected chi connectivity index (χ3v) is 4.77. The molecule has 1 saturated heterocycles. The van der Waals surface area contributed by atoms with Gasteiger partial charge in [-0.05, 0) is 12.1 Å². The Morgan fingerprint density at radius 2 is 2.21 bits per heavy atom. The number of benzene rings is 1. The van der Waals surface area contributed by atoms with Crippen LogP contribution in [0.25, 0.3) is 0 Å². The normalized spacial score (nSPS) is 20.9. The van der Waals surface area contributed by atoms with Crippen LogP contribution in [-0.4, -0.2) is 41.7 Å². The van der Waals surface area contributed by atoms with E-state index in [1.165, 1.54) is 18.4 Å². The maximum atomic E-state index is 13.6. The molecule has 2 atom stereocenters. The van der Waals surface area contributed by atoms with E-state index < -0.39 is 18.2 Å². The highest BCUT2D eigenvalue weighted by Gasteiger charge is 2.37. The lowest BCUT2D eigenvalue weighted by molar-refractivity contribution is -0.146. The van der Waals surface area contributed by atoms with Crippen LogP contribution in [0.5, 0.6) is 5.75 Å². The number of carbonyl (C=O) groups excluding carboxylic acids is 1. The second-order valence-electron chi connectivity index (χ2n) is 5.64. The fourth-order valence-corrected chi connectivity index (χ4v) is 3.46. The fraction of sp³-hybridized carbons (Fsp3) is 0.412. The molecule has 0 amide bonds. The first-order valence-electron chi connectivity index (χ1n) is 7.73. The van der Waals surface area contributed by atoms with Crippen molar-refractivity contribution < 1.29 is 18.7 Å². The van der Waals surface area contributed by atoms with E-state index in [1.54, 1.807) is 4.90 Å². The average molecular weight is 350 g/mol. The van der Waals surface area contributed by atoms with Crippen molar-refractivity contribution in [2.75, 3.05) is 13.7 Å². The Morgan fingerprint density at radius 3 is 2.96 bits per heavy atom. The number of esters is 1. The van der Waals surface area contributed by atoms with Gasteiger partial charge in [-0.3, -0.25) is 9.69 Å². The van der Waals surface area contributed by atoms with Crippen molar-refractivity contribution in [3.63, 3.8) is 0 Å². The molecule has 5 nitrogen and oxygen atoms in total. The molecule has 1 fully saturated rings. The van der Waals surface area contributed by atoms with Gasteiger partial charge in [0.15, 0.2) is 0 Å². The maximum absolute atomic E-state index is 13.6. The van der Waals surface area contributed by atoms with E-state index in [9.17, 15) is 9.18 Å². The Morgan fingerprint density at radius 1 is 1.42 bits per heavy atom. The summed E-state index contributed by atoms with van der Waals surface area (Å²) < 4.78 is 24.1. The van der Waals surface area contributed by atoms with Crippen molar-refractivity contribution in [1.82, 2.24) is 9.88 Å². The molecule has 2 heterocycles. The molecular formula is C17H19FN2O3S. The number of rotatable bonds is 6. The SMILES string of the molecule is COC(=O)[C@@H]1C[C@H](F)CN1Cc1csc(COc2ccccc2)n1. The summed E-state index contributed by atoms with van der Waals surface area (Å²) in [5.41, 5.74) is 0.815. The van der Waals surface area contributed by atoms with Crippen LogP contribution in [0.4, 0.5) is 4.39 Å². The number of aromatic nitrogens is 1. The Kier molecular flexibility index (Phi) is 5.42. The minimum Gasteiger partial charge on any atom is -0.486 e. The topological polar surface area (TPSA) is 51.7 Å². The van der Waals surface area contributed by atoms with Gasteiger partial charge in [-0.2, -0.15) is 0 Å². The van der Waals surface area contributed by atoms with Crippen LogP contribution in [0.15, 0.2) is 35.7 Å². The van der Waals surface area contributed by atoms with Gasteiger partial charge in [-0.15, -0.1) is 11.3 Å². The van der Waals surface area contributed by atoms with Crippen LogP contribution in [0.3, 0.4) is 0 Å². The van der Waals surface area contributed by atoms with Gasteiger partial charge in [0.2, 0.25) is 0 Å². The van der Waals surface area contributed by atoms with E-state index in [2.05, 4.69) is 4.98 Å². The highest BCUT2D eigenvalue weighted by Crippen LogP contribution is 2.24. The zero-order chi connectivity index (χ0) is 16.9. The third kappa shape index (κ3) is 4.10. The van der Waals surface area contributed by atoms with Crippen molar-refractivity contribution in [2.45, 2.75) is 31.8 Å². The zero-order valence-electron chi connectivity index (χ0n) is 13.4. The summed E-state index contributed by atoms with van der Waals surface area (Å²) in [5.74, 6) is 0.401. The Bertz CT molecular complexity index is 679. The molecule has 7 heteroatoms. The van der Waals surface area contributed by atoms with Gasteiger partial charge in [0.1, 0.15) is 29.6 Å². The van der Waals surface area contributed by atoms with E-state index in [-0.39, 0.29) is 13.0 Å². The number of hydrogen-bond donors (Lipinski definition) is 0. The Labute approximate surface area is 144 Å². The molecule has 0 N–H and O–H groups in total. The van der Waals surface area contributed by atoms with E-state index in [0.29, 0.717) is 13.2 Å². The molecule has 1 aliphatic rings. The minimum absolute atomic E-state index is 0.181. The number of thiazole rings is 1. The molecule has 0 radical (unpaired) electrons. The van der Waals surface area contributed by atoms with Gasteiger partial charge in [0.25, 0.3) is 0 Å². The number of carbonyl (C=O) groups is 1. The van der Waals surface area contributed by atoms with Crippen LogP contribution < -0.4 is 4.74 Å². The van der Waals surface area contributed by atoms with Crippen molar-refractivity contribution in [2.24, 2.45) is 0 Å². The number of alkyl halides is 1. The maximum Gasteiger partial charge on any atom is 0.323 e. The van der Waals surface area contributed by atoms with Gasteiger partial charge < -0.3 is 9.47 Å². The van der Waals surface area contributed by atoms with E-state index in [4.69, 9.17) is 9.47 Å². The van der Waals surface area contributed by atoms with Gasteiger partial charge in [-0.1, -0.05) is 18.2 Å². The number of para-hydroxylation sites is 1. The molecule has 3 rings (SSSR count). The number of halogens is 1. The summed E-state index contributed by atoms with van der Waals surface area (Å²) in [7, 11) is 1.33. The fourth-order valence-electron chi connectivity index (χ4n) is 2.76. The van der Waals surface area contributed by atoms with E-state index in [1.807, 2.05) is 35.7 Å². The highest BCUT2D eigenvalue weighted by atomic mass is 32.1. The summed E-state index contributed by atoms with van der Waals surface area (Å²) in [6.07, 6.45) is -0.825. The van der Waals surface area contributed by atoms with Crippen molar-refractivity contribution in [3.8, 4) is 5.75 Å². The molecule has 0 spiro atoms. The number of nitrogens with zero attached hydrogens (tertiary/aromatic N) is 2. The second kappa shape index (κ2) is 7.72. The molecule has 2 aromatic rings. The van der Waals surface area contributed by atoms with Gasteiger partial charge in [0.05, 0.1) is 12.8 Å². The van der Waals surface area contributed by atoms with Crippen LogP contribution >= 0.6 is 11.3 Å². The van der Waals surface area contributed by atoms with Crippen LogP contribution in [0.2, 0.25) is 0 Å². The number of ether oxygens (including phenoxy) is 2. The molecule has 0 unspecified atom stereocenters. The quantitative estimate of drug-likeness (QED) is 0.750. The first-order chi connectivity index (χ1) is 11.7. The molecule has 24 heavy (non-hydrogen) atoms. The van der Waals surface area contributed by atoms with Gasteiger partial charge in [-0.25, -0.2) is 9.37 Å². The van der Waals surface area contributed by atoms with Crippen molar-refractivity contribution in [3.05, 3.63) is 46.4 Å². The molecule has 1 aliphatic heterocycles. The lowest BCUT2D eigenvalue weighted by atomic mass is 10.2. The number of hydrogen-bond acceptors (Lipinski definition) is 6. The molecule has 0 bridgehead atoms. The highest BCUT2D eigenvalue weighted by molar-refractivity contribution is 7.09. The summed E-state index contributed by atoms with van der Waals surface area (Å²) >= 11 is 1.50. The lowest BCUT2D eigenvalue weighted by Crippen LogP contribution is -2.36. The lowest BCUT2D eigenvalue weighted by Gasteiger charge is -2.20. The standard InChI is InChI=1S/C17H19FN2O3S/c1-22-17(21)15-7-12(18)8-20(15)9-13-11-24-16(19-13)10-23-14-5-3-2-4-6-14/h2-6,11-12,15H,7-10H2,1H3/t12-,15-/m0/s1. The summed E-state index contributed by atoms with van der Waals surface area (Å²) in [6, 6.07) is 9.01. The zero-order valence-corrected chi connectivity index (χ0v) is 14.2. The smallest absolute Gasteiger partial charge is 0.323 e. The molecule has 1 aromatic heterocycles. The molecule has 0 aliphatic carbocycles. The third-order valence-electron chi connectivity index (χ3n) is 3.90. The summed E-state index contributed by atoms with van der Waals surface area (Å²) in [4.78, 5) is 18.1. The van der Waals surface area contributed by atoms with Crippen LogP contribution in [0.1, 0.15) is 17.1 Å². The summed E-state index contributed by atoms with van der Waals surface area (Å²) in [6.45, 7) is 1.05. The number of methoxy groups -OCH3 is 1. The second-order valence-corrected chi connectivity index (χ2v) is 6.58. The predicted molar refractivity (Wildman–Crippen MR) is 88.6 cm³/mol. The van der Waals surface area contributed by atoms with Gasteiger partial charge in [0, 0.05) is 24.9 Å². The average Bonchev–Trinajstić information content (AvgIpc) is 3.20. The first-order valence-corrected chi connectivity index (χ1v) is 8.60. The largest absolute Gasteiger partial charge is 0.486 e. The molecule has 1 aromatic carbocycles. The molecule has 0 saturated carbocycles. The summed E-state index contributed by atoms with van der Waals surface area (Å²) in [5, 5.41) is 2.77. The van der Waals surface area contributed by atoms with Crippen molar-refractivity contribution in [1.29, 1.82) is 0 Å². The van der Waals surface area contributed by atoms with Crippen LogP contribution in [-0.2, 0) is 22.7 Å². The van der Waals surface area contributed by atoms with Crippen LogP contribution in [0, 0.1) is 0 Å². The molecular weight excluding hydrogens is 331 g/mol. The predicted octanol–water partition coefficient (Wildman–Crippen LogP) is 2.81. The Hall–Kier alpha value is -1.99. The Balaban J connectivity index is 1.58. The minimum atomic E-state index is -1.01. The molecule has 128 valence electrons. The van der Waals surface area contributed by atoms with Crippen molar-refractivity contribution >= 4 is 17.3 Å².